The number of halogens is 1. The summed E-state index contributed by atoms with van der Waals surface area (Å²) in [4.78, 5) is 28.9. The number of hydrogen-bond donors (Lipinski definition) is 0. The summed E-state index contributed by atoms with van der Waals surface area (Å²) in [6.45, 7) is 0.157. The molecule has 0 unspecified atom stereocenters. The average Bonchev–Trinajstić information content (AvgIpc) is 3.48. The molecule has 2 aromatic heterocycles. The molecule has 0 amide bonds. The summed E-state index contributed by atoms with van der Waals surface area (Å²) in [6.07, 6.45) is 1.51. The first-order valence-electron chi connectivity index (χ1n) is 13.2. The molecule has 0 saturated carbocycles. The fourth-order valence-electron chi connectivity index (χ4n) is 4.66. The van der Waals surface area contributed by atoms with Gasteiger partial charge >= 0.3 is 0 Å². The Kier molecular flexibility index (Phi) is 7.82. The minimum absolute atomic E-state index is 0.0000715. The molecular formula is C32H23BrN4O7. The zero-order valence-electron chi connectivity index (χ0n) is 23.4. The molecule has 44 heavy (non-hydrogen) atoms. The molecule has 0 aliphatic carbocycles. The molecule has 0 aliphatic heterocycles. The monoisotopic (exact) mass is 654 g/mol. The Morgan fingerprint density at radius 1 is 0.977 bits per heavy atom. The van der Waals surface area contributed by atoms with E-state index in [0.717, 1.165) is 10.9 Å². The van der Waals surface area contributed by atoms with E-state index in [9.17, 15) is 14.9 Å². The van der Waals surface area contributed by atoms with E-state index in [2.05, 4.69) is 21.0 Å². The number of nitro groups is 1. The third kappa shape index (κ3) is 5.50. The average molecular weight is 655 g/mol. The quantitative estimate of drug-likeness (QED) is 0.0929. The molecule has 4 aromatic carbocycles. The van der Waals surface area contributed by atoms with E-state index < -0.39 is 4.92 Å². The van der Waals surface area contributed by atoms with Crippen molar-refractivity contribution in [3.63, 3.8) is 0 Å². The first kappa shape index (κ1) is 28.6. The van der Waals surface area contributed by atoms with E-state index >= 15 is 0 Å². The number of hydrogen-bond acceptors (Lipinski definition) is 9. The number of rotatable bonds is 9. The minimum atomic E-state index is -0.455. The number of non-ortho nitro benzene ring substituents is 1. The normalized spacial score (nSPS) is 11.3. The Bertz CT molecular complexity index is 2120. The number of aromatic nitrogens is 2. The van der Waals surface area contributed by atoms with Gasteiger partial charge in [-0.05, 0) is 81.7 Å². The Morgan fingerprint density at radius 3 is 2.50 bits per heavy atom. The summed E-state index contributed by atoms with van der Waals surface area (Å²) in [6, 6.07) is 23.8. The van der Waals surface area contributed by atoms with Gasteiger partial charge in [0.1, 0.15) is 17.9 Å². The molecule has 0 aliphatic rings. The third-order valence-corrected chi connectivity index (χ3v) is 7.41. The third-order valence-electron chi connectivity index (χ3n) is 6.82. The van der Waals surface area contributed by atoms with Crippen LogP contribution in [0.25, 0.3) is 33.5 Å². The van der Waals surface area contributed by atoms with Crippen LogP contribution in [-0.2, 0) is 6.61 Å². The van der Waals surface area contributed by atoms with Gasteiger partial charge in [-0.2, -0.15) is 9.78 Å². The maximum Gasteiger partial charge on any atom is 0.282 e. The topological polar surface area (TPSA) is 131 Å². The van der Waals surface area contributed by atoms with Gasteiger partial charge in [-0.15, -0.1) is 0 Å². The van der Waals surface area contributed by atoms with Crippen molar-refractivity contribution >= 4 is 49.7 Å². The van der Waals surface area contributed by atoms with E-state index in [0.29, 0.717) is 49.5 Å². The van der Waals surface area contributed by atoms with Crippen molar-refractivity contribution in [2.24, 2.45) is 5.10 Å². The molecule has 220 valence electrons. The number of fused-ring (bicyclic) bond motifs is 2. The number of furan rings is 1. The van der Waals surface area contributed by atoms with Crippen LogP contribution in [0.2, 0.25) is 0 Å². The van der Waals surface area contributed by atoms with Crippen molar-refractivity contribution in [3.05, 3.63) is 121 Å². The molecule has 0 spiro atoms. The Hall–Kier alpha value is -5.49. The highest BCUT2D eigenvalue weighted by Crippen LogP contribution is 2.37. The van der Waals surface area contributed by atoms with Crippen LogP contribution in [0.4, 0.5) is 5.69 Å². The number of methoxy groups -OCH3 is 2. The van der Waals surface area contributed by atoms with Crippen LogP contribution in [0.3, 0.4) is 0 Å². The van der Waals surface area contributed by atoms with Crippen molar-refractivity contribution in [2.45, 2.75) is 6.61 Å². The Balaban J connectivity index is 1.37. The van der Waals surface area contributed by atoms with E-state index in [1.807, 2.05) is 24.3 Å². The van der Waals surface area contributed by atoms with Gasteiger partial charge in [0.05, 0.1) is 46.1 Å². The molecule has 0 fully saturated rings. The molecule has 2 heterocycles. The molecule has 6 rings (SSSR count). The summed E-state index contributed by atoms with van der Waals surface area (Å²) < 4.78 is 24.9. The van der Waals surface area contributed by atoms with Crippen LogP contribution in [-0.4, -0.2) is 35.0 Å². The summed E-state index contributed by atoms with van der Waals surface area (Å²) in [5.74, 6) is 2.04. The maximum atomic E-state index is 13.7. The zero-order valence-corrected chi connectivity index (χ0v) is 25.0. The second kappa shape index (κ2) is 12.0. The van der Waals surface area contributed by atoms with Crippen molar-refractivity contribution in [1.29, 1.82) is 0 Å². The molecule has 12 heteroatoms. The molecule has 0 N–H and O–H groups in total. The summed E-state index contributed by atoms with van der Waals surface area (Å²) >= 11 is 3.54. The largest absolute Gasteiger partial charge is 0.496 e. The predicted molar refractivity (Wildman–Crippen MR) is 169 cm³/mol. The molecule has 0 bridgehead atoms. The molecule has 0 atom stereocenters. The van der Waals surface area contributed by atoms with Crippen molar-refractivity contribution in [3.8, 4) is 28.8 Å². The van der Waals surface area contributed by atoms with Crippen LogP contribution in [0.5, 0.6) is 17.2 Å². The van der Waals surface area contributed by atoms with Gasteiger partial charge in [0.15, 0.2) is 17.3 Å². The number of nitrogens with zero attached hydrogens (tertiary/aromatic N) is 4. The molecule has 6 aromatic rings. The highest BCUT2D eigenvalue weighted by molar-refractivity contribution is 9.10. The van der Waals surface area contributed by atoms with Crippen LogP contribution in [0, 0.1) is 10.1 Å². The maximum absolute atomic E-state index is 13.7. The molecule has 0 radical (unpaired) electrons. The lowest BCUT2D eigenvalue weighted by molar-refractivity contribution is -0.384. The lowest BCUT2D eigenvalue weighted by Crippen LogP contribution is -2.20. The van der Waals surface area contributed by atoms with Crippen LogP contribution in [0.1, 0.15) is 11.1 Å². The number of benzene rings is 4. The summed E-state index contributed by atoms with van der Waals surface area (Å²) in [5, 5.41) is 16.6. The Morgan fingerprint density at radius 2 is 1.75 bits per heavy atom. The highest BCUT2D eigenvalue weighted by Gasteiger charge is 2.18. The second-order valence-corrected chi connectivity index (χ2v) is 10.4. The van der Waals surface area contributed by atoms with Gasteiger partial charge in [0.25, 0.3) is 11.2 Å². The first-order valence-corrected chi connectivity index (χ1v) is 14.0. The van der Waals surface area contributed by atoms with Crippen molar-refractivity contribution < 1.29 is 23.6 Å². The van der Waals surface area contributed by atoms with Gasteiger partial charge in [0.2, 0.25) is 5.82 Å². The first-order chi connectivity index (χ1) is 21.4. The molecular weight excluding hydrogens is 632 g/mol. The van der Waals surface area contributed by atoms with E-state index in [-0.39, 0.29) is 23.7 Å². The van der Waals surface area contributed by atoms with Crippen molar-refractivity contribution in [1.82, 2.24) is 9.66 Å². The predicted octanol–water partition coefficient (Wildman–Crippen LogP) is 6.96. The fraction of sp³-hybridized carbons (Fsp3) is 0.0938. The smallest absolute Gasteiger partial charge is 0.282 e. The Labute approximate surface area is 258 Å². The standard InChI is InChI=1S/C32H23BrN4O7/c1-41-26-8-5-9-27-23(26)16-29(44-27)31-35-25-7-4-3-6-22(25)32(38)36(31)34-17-20-14-24(33)30(28(15-20)42-2)43-18-19-10-12-21(13-11-19)37(39)40/h3-17H,18H2,1-2H3. The SMILES string of the molecule is COc1cc(C=Nn2c(-c3cc4c(OC)cccc4o3)nc3ccccc3c2=O)cc(Br)c1OCc1ccc([N+](=O)[O-])cc1. The summed E-state index contributed by atoms with van der Waals surface area (Å²) in [7, 11) is 3.08. The van der Waals surface area contributed by atoms with Crippen LogP contribution < -0.4 is 19.8 Å². The molecule has 11 nitrogen and oxygen atoms in total. The minimum Gasteiger partial charge on any atom is -0.496 e. The number of nitro benzene ring substituents is 1. The highest BCUT2D eigenvalue weighted by atomic mass is 79.9. The van der Waals surface area contributed by atoms with Gasteiger partial charge in [-0.25, -0.2) is 4.98 Å². The summed E-state index contributed by atoms with van der Waals surface area (Å²) in [5.41, 5.74) is 2.06. The number of ether oxygens (including phenoxy) is 3. The zero-order chi connectivity index (χ0) is 30.8. The van der Waals surface area contributed by atoms with Gasteiger partial charge in [-0.1, -0.05) is 18.2 Å². The van der Waals surface area contributed by atoms with E-state index in [1.54, 1.807) is 55.6 Å². The second-order valence-electron chi connectivity index (χ2n) is 9.54. The van der Waals surface area contributed by atoms with Gasteiger partial charge in [-0.3, -0.25) is 14.9 Å². The fourth-order valence-corrected chi connectivity index (χ4v) is 5.24. The van der Waals surface area contributed by atoms with Crippen LogP contribution in [0.15, 0.2) is 104 Å². The van der Waals surface area contributed by atoms with Gasteiger partial charge in [0, 0.05) is 12.1 Å². The number of para-hydroxylation sites is 1. The van der Waals surface area contributed by atoms with Crippen LogP contribution >= 0.6 is 15.9 Å². The lowest BCUT2D eigenvalue weighted by Gasteiger charge is -2.13. The van der Waals surface area contributed by atoms with Gasteiger partial charge < -0.3 is 18.6 Å². The van der Waals surface area contributed by atoms with E-state index in [1.165, 1.54) is 30.1 Å². The molecule has 0 saturated heterocycles. The lowest BCUT2D eigenvalue weighted by atomic mass is 10.2. The van der Waals surface area contributed by atoms with E-state index in [4.69, 9.17) is 23.6 Å². The van der Waals surface area contributed by atoms with Crippen molar-refractivity contribution in [2.75, 3.05) is 14.2 Å².